The van der Waals surface area contributed by atoms with Gasteiger partial charge in [-0.3, -0.25) is 4.79 Å². The van der Waals surface area contributed by atoms with Crippen LogP contribution in [0.3, 0.4) is 0 Å². The maximum absolute atomic E-state index is 13.6. The monoisotopic (exact) mass is 280 g/mol. The first kappa shape index (κ1) is 13.6. The summed E-state index contributed by atoms with van der Waals surface area (Å²) in [6.07, 6.45) is 1.71. The lowest BCUT2D eigenvalue weighted by Crippen LogP contribution is -2.18. The standard InChI is InChI=1S/C14H14ClFN2O/c1-2-18-9-10(6-7-14(18)19)17-8-11-12(15)4-3-5-13(11)16/h3-7,9,17H,2,8H2,1H3. The second-order valence-corrected chi connectivity index (χ2v) is 4.50. The number of hydrogen-bond acceptors (Lipinski definition) is 2. The number of rotatable bonds is 4. The van der Waals surface area contributed by atoms with Crippen molar-refractivity contribution >= 4 is 17.3 Å². The van der Waals surface area contributed by atoms with Crippen LogP contribution in [0.25, 0.3) is 0 Å². The molecule has 0 atom stereocenters. The Balaban J connectivity index is 2.17. The van der Waals surface area contributed by atoms with Crippen molar-refractivity contribution < 1.29 is 4.39 Å². The first-order valence-corrected chi connectivity index (χ1v) is 6.37. The van der Waals surface area contributed by atoms with Crippen LogP contribution in [0.4, 0.5) is 10.1 Å². The number of aryl methyl sites for hydroxylation is 1. The summed E-state index contributed by atoms with van der Waals surface area (Å²) in [5, 5.41) is 3.45. The highest BCUT2D eigenvalue weighted by Gasteiger charge is 2.06. The first-order valence-electron chi connectivity index (χ1n) is 5.99. The van der Waals surface area contributed by atoms with Gasteiger partial charge < -0.3 is 9.88 Å². The van der Waals surface area contributed by atoms with Crippen molar-refractivity contribution in [2.45, 2.75) is 20.0 Å². The van der Waals surface area contributed by atoms with Crippen LogP contribution in [-0.2, 0) is 13.1 Å². The van der Waals surface area contributed by atoms with Crippen molar-refractivity contribution in [2.75, 3.05) is 5.32 Å². The van der Waals surface area contributed by atoms with Gasteiger partial charge in [0.05, 0.1) is 5.69 Å². The third-order valence-electron chi connectivity index (χ3n) is 2.86. The van der Waals surface area contributed by atoms with E-state index in [4.69, 9.17) is 11.6 Å². The molecule has 1 heterocycles. The Morgan fingerprint density at radius 1 is 1.32 bits per heavy atom. The molecule has 3 nitrogen and oxygen atoms in total. The molecule has 2 rings (SSSR count). The van der Waals surface area contributed by atoms with E-state index in [1.165, 1.54) is 12.1 Å². The molecule has 0 bridgehead atoms. The second kappa shape index (κ2) is 5.89. The fourth-order valence-electron chi connectivity index (χ4n) is 1.77. The Kier molecular flexibility index (Phi) is 4.22. The Morgan fingerprint density at radius 3 is 2.79 bits per heavy atom. The minimum atomic E-state index is -0.344. The van der Waals surface area contributed by atoms with Gasteiger partial charge in [0.25, 0.3) is 5.56 Å². The van der Waals surface area contributed by atoms with Crippen molar-refractivity contribution in [3.63, 3.8) is 0 Å². The topological polar surface area (TPSA) is 34.0 Å². The van der Waals surface area contributed by atoms with Crippen molar-refractivity contribution in [1.82, 2.24) is 4.57 Å². The van der Waals surface area contributed by atoms with Gasteiger partial charge in [-0.25, -0.2) is 4.39 Å². The Bertz CT molecular complexity index is 619. The molecule has 0 aliphatic heterocycles. The van der Waals surface area contributed by atoms with Crippen LogP contribution in [0.1, 0.15) is 12.5 Å². The average Bonchev–Trinajstić information content (AvgIpc) is 2.40. The molecule has 0 saturated carbocycles. The number of nitrogens with zero attached hydrogens (tertiary/aromatic N) is 1. The largest absolute Gasteiger partial charge is 0.380 e. The second-order valence-electron chi connectivity index (χ2n) is 4.10. The molecule has 1 aromatic carbocycles. The molecule has 0 fully saturated rings. The molecule has 5 heteroatoms. The highest BCUT2D eigenvalue weighted by atomic mass is 35.5. The number of anilines is 1. The summed E-state index contributed by atoms with van der Waals surface area (Å²) in [5.74, 6) is -0.344. The van der Waals surface area contributed by atoms with E-state index in [0.717, 1.165) is 5.69 Å². The molecule has 0 radical (unpaired) electrons. The molecule has 2 aromatic rings. The van der Waals surface area contributed by atoms with Crippen molar-refractivity contribution in [2.24, 2.45) is 0 Å². The number of aromatic nitrogens is 1. The van der Waals surface area contributed by atoms with Gasteiger partial charge in [-0.1, -0.05) is 17.7 Å². The smallest absolute Gasteiger partial charge is 0.250 e. The van der Waals surface area contributed by atoms with Gasteiger partial charge in [-0.15, -0.1) is 0 Å². The van der Waals surface area contributed by atoms with Crippen LogP contribution in [0.5, 0.6) is 0 Å². The van der Waals surface area contributed by atoms with Gasteiger partial charge in [0.2, 0.25) is 0 Å². The third-order valence-corrected chi connectivity index (χ3v) is 3.21. The van der Waals surface area contributed by atoms with Gasteiger partial charge in [0.1, 0.15) is 5.82 Å². The van der Waals surface area contributed by atoms with Gasteiger partial charge in [0.15, 0.2) is 0 Å². The van der Waals surface area contributed by atoms with Crippen LogP contribution in [0, 0.1) is 5.82 Å². The summed E-state index contributed by atoms with van der Waals surface area (Å²) in [4.78, 5) is 11.4. The highest BCUT2D eigenvalue weighted by Crippen LogP contribution is 2.20. The zero-order valence-corrected chi connectivity index (χ0v) is 11.2. The quantitative estimate of drug-likeness (QED) is 0.933. The fraction of sp³-hybridized carbons (Fsp3) is 0.214. The molecular weight excluding hydrogens is 267 g/mol. The Morgan fingerprint density at radius 2 is 2.11 bits per heavy atom. The van der Waals surface area contributed by atoms with Crippen molar-refractivity contribution in [3.8, 4) is 0 Å². The predicted octanol–water partition coefficient (Wildman–Crippen LogP) is 3.27. The summed E-state index contributed by atoms with van der Waals surface area (Å²) in [5.41, 5.74) is 1.11. The molecule has 100 valence electrons. The van der Waals surface area contributed by atoms with Crippen LogP contribution in [-0.4, -0.2) is 4.57 Å². The lowest BCUT2D eigenvalue weighted by molar-refractivity contribution is 0.613. The minimum absolute atomic E-state index is 0.0584. The Hall–Kier alpha value is -1.81. The molecule has 1 N–H and O–H groups in total. The van der Waals surface area contributed by atoms with E-state index in [-0.39, 0.29) is 17.9 Å². The SMILES string of the molecule is CCn1cc(NCc2c(F)cccc2Cl)ccc1=O. The molecule has 0 unspecified atom stereocenters. The number of benzene rings is 1. The normalized spacial score (nSPS) is 10.5. The molecule has 0 aliphatic rings. The third kappa shape index (κ3) is 3.15. The van der Waals surface area contributed by atoms with Gasteiger partial charge in [-0.2, -0.15) is 0 Å². The summed E-state index contributed by atoms with van der Waals surface area (Å²) in [6.45, 7) is 2.75. The summed E-state index contributed by atoms with van der Waals surface area (Å²) < 4.78 is 15.2. The fourth-order valence-corrected chi connectivity index (χ4v) is 2.00. The van der Waals surface area contributed by atoms with E-state index in [0.29, 0.717) is 17.1 Å². The maximum atomic E-state index is 13.6. The summed E-state index contributed by atoms with van der Waals surface area (Å²) in [6, 6.07) is 7.74. The highest BCUT2D eigenvalue weighted by molar-refractivity contribution is 6.31. The first-order chi connectivity index (χ1) is 9.11. The lowest BCUT2D eigenvalue weighted by atomic mass is 10.2. The van der Waals surface area contributed by atoms with E-state index in [2.05, 4.69) is 5.32 Å². The average molecular weight is 281 g/mol. The van der Waals surface area contributed by atoms with Crippen molar-refractivity contribution in [3.05, 3.63) is 63.3 Å². The van der Waals surface area contributed by atoms with E-state index in [1.54, 1.807) is 29.0 Å². The van der Waals surface area contributed by atoms with Crippen LogP contribution in [0.2, 0.25) is 5.02 Å². The molecule has 19 heavy (non-hydrogen) atoms. The van der Waals surface area contributed by atoms with Gasteiger partial charge in [0, 0.05) is 35.9 Å². The molecule has 0 spiro atoms. The number of halogens is 2. The Labute approximate surface area is 115 Å². The molecular formula is C14H14ClFN2O. The molecule has 1 aromatic heterocycles. The van der Waals surface area contributed by atoms with E-state index < -0.39 is 0 Å². The summed E-state index contributed by atoms with van der Waals surface area (Å²) >= 11 is 5.94. The van der Waals surface area contributed by atoms with E-state index in [9.17, 15) is 9.18 Å². The van der Waals surface area contributed by atoms with Gasteiger partial charge in [-0.05, 0) is 25.1 Å². The predicted molar refractivity (Wildman–Crippen MR) is 75.1 cm³/mol. The van der Waals surface area contributed by atoms with Crippen LogP contribution in [0.15, 0.2) is 41.3 Å². The summed E-state index contributed by atoms with van der Waals surface area (Å²) in [7, 11) is 0. The zero-order valence-electron chi connectivity index (χ0n) is 10.5. The van der Waals surface area contributed by atoms with E-state index >= 15 is 0 Å². The van der Waals surface area contributed by atoms with Crippen LogP contribution >= 0.6 is 11.6 Å². The minimum Gasteiger partial charge on any atom is -0.380 e. The molecule has 0 aliphatic carbocycles. The maximum Gasteiger partial charge on any atom is 0.250 e. The van der Waals surface area contributed by atoms with Crippen LogP contribution < -0.4 is 10.9 Å². The number of hydrogen-bond donors (Lipinski definition) is 1. The van der Waals surface area contributed by atoms with E-state index in [1.807, 2.05) is 6.92 Å². The lowest BCUT2D eigenvalue weighted by Gasteiger charge is -2.10. The molecule has 0 saturated heterocycles. The van der Waals surface area contributed by atoms with Crippen molar-refractivity contribution in [1.29, 1.82) is 0 Å². The van der Waals surface area contributed by atoms with Gasteiger partial charge >= 0.3 is 0 Å². The molecule has 0 amide bonds. The number of pyridine rings is 1. The number of nitrogens with one attached hydrogen (secondary N) is 1. The zero-order chi connectivity index (χ0) is 13.8.